The van der Waals surface area contributed by atoms with E-state index in [4.69, 9.17) is 4.74 Å². The van der Waals surface area contributed by atoms with Gasteiger partial charge in [0, 0.05) is 19.7 Å². The minimum Gasteiger partial charge on any atom is -0.381 e. The lowest BCUT2D eigenvalue weighted by molar-refractivity contribution is 0.0526. The highest BCUT2D eigenvalue weighted by Crippen LogP contribution is 2.32. The zero-order chi connectivity index (χ0) is 26.2. The fourth-order valence-corrected chi connectivity index (χ4v) is 6.70. The molecule has 0 aromatic carbocycles. The van der Waals surface area contributed by atoms with Crippen LogP contribution in [0.5, 0.6) is 0 Å². The molecule has 2 N–H and O–H groups in total. The normalized spacial score (nSPS) is 28.8. The van der Waals surface area contributed by atoms with E-state index in [2.05, 4.69) is 36.3 Å². The molecule has 0 aliphatic heterocycles. The van der Waals surface area contributed by atoms with E-state index in [1.165, 1.54) is 122 Å². The molecule has 0 radical (unpaired) electrons. The van der Waals surface area contributed by atoms with Gasteiger partial charge in [0.05, 0.1) is 12.3 Å². The second-order valence-corrected chi connectivity index (χ2v) is 12.3. The summed E-state index contributed by atoms with van der Waals surface area (Å²) in [6.45, 7) is 16.3. The van der Waals surface area contributed by atoms with Crippen molar-refractivity contribution >= 4 is 0 Å². The van der Waals surface area contributed by atoms with Crippen LogP contribution in [0.1, 0.15) is 131 Å². The van der Waals surface area contributed by atoms with E-state index in [0.717, 1.165) is 23.7 Å². The zero-order valence-electron chi connectivity index (χ0n) is 25.3. The molecule has 4 unspecified atom stereocenters. The summed E-state index contributed by atoms with van der Waals surface area (Å²) < 4.78 is 5.56. The van der Waals surface area contributed by atoms with Crippen LogP contribution in [-0.4, -0.2) is 56.5 Å². The van der Waals surface area contributed by atoms with Crippen LogP contribution >= 0.6 is 0 Å². The molecule has 4 nitrogen and oxygen atoms in total. The molecule has 3 rings (SSSR count). The van der Waals surface area contributed by atoms with Crippen molar-refractivity contribution in [2.45, 2.75) is 149 Å². The van der Waals surface area contributed by atoms with Gasteiger partial charge in [0.25, 0.3) is 0 Å². The predicted octanol–water partition coefficient (Wildman–Crippen LogP) is 7.62. The van der Waals surface area contributed by atoms with Crippen LogP contribution in [-0.2, 0) is 4.74 Å². The molecule has 0 amide bonds. The minimum absolute atomic E-state index is 0.429. The summed E-state index contributed by atoms with van der Waals surface area (Å²) in [4.78, 5) is 2.78. The number of ether oxygens (including phenoxy) is 1. The number of rotatable bonds is 16. The molecule has 0 aromatic rings. The van der Waals surface area contributed by atoms with Gasteiger partial charge in [-0.1, -0.05) is 47.0 Å². The molecule has 3 fully saturated rings. The zero-order valence-corrected chi connectivity index (χ0v) is 25.3. The molecule has 0 heterocycles. The first kappa shape index (κ1) is 32.1. The first-order valence-electron chi connectivity index (χ1n) is 16.3. The van der Waals surface area contributed by atoms with E-state index in [1.807, 2.05) is 21.0 Å². The second kappa shape index (κ2) is 19.0. The van der Waals surface area contributed by atoms with Gasteiger partial charge in [0.2, 0.25) is 0 Å². The van der Waals surface area contributed by atoms with Crippen molar-refractivity contribution in [2.75, 3.05) is 33.3 Å². The van der Waals surface area contributed by atoms with Crippen molar-refractivity contribution in [3.05, 3.63) is 0 Å². The third-order valence-electron chi connectivity index (χ3n) is 9.26. The summed E-state index contributed by atoms with van der Waals surface area (Å²) in [6, 6.07) is 0.704. The van der Waals surface area contributed by atoms with Crippen LogP contribution in [0.4, 0.5) is 0 Å². The molecule has 0 bridgehead atoms. The molecule has 4 atom stereocenters. The van der Waals surface area contributed by atoms with E-state index in [9.17, 15) is 0 Å². The summed E-state index contributed by atoms with van der Waals surface area (Å²) in [5.74, 6) is 3.71. The highest BCUT2D eigenvalue weighted by Gasteiger charge is 2.26. The fourth-order valence-electron chi connectivity index (χ4n) is 6.70. The minimum atomic E-state index is 0.429. The molecule has 214 valence electrons. The maximum Gasteiger partial charge on any atom is 0.0571 e. The quantitative estimate of drug-likeness (QED) is 0.166. The third-order valence-corrected chi connectivity index (χ3v) is 9.26. The molecule has 3 saturated carbocycles. The standard InChI is InChI=1S/C30H59N3O.C2H6/c1-5-19-33(23-28-10-11-28)20-18-26-8-7-9-29(15-12-26)32-24(3)31-22-25(6-2)21-27-13-16-30(34-4)17-14-27;1-2/h24-32H,5-23H2,1-4H3;1-2H3. The summed E-state index contributed by atoms with van der Waals surface area (Å²) >= 11 is 0. The van der Waals surface area contributed by atoms with Gasteiger partial charge in [0.1, 0.15) is 0 Å². The molecule has 3 aliphatic rings. The Morgan fingerprint density at radius 2 is 1.53 bits per heavy atom. The highest BCUT2D eigenvalue weighted by molar-refractivity contribution is 4.81. The van der Waals surface area contributed by atoms with Crippen LogP contribution in [0.2, 0.25) is 0 Å². The Balaban J connectivity index is 0.00000222. The average Bonchev–Trinajstić information content (AvgIpc) is 3.75. The molecule has 36 heavy (non-hydrogen) atoms. The van der Waals surface area contributed by atoms with Crippen molar-refractivity contribution in [2.24, 2.45) is 23.7 Å². The summed E-state index contributed by atoms with van der Waals surface area (Å²) in [7, 11) is 1.88. The Hall–Kier alpha value is -0.160. The number of hydrogen-bond acceptors (Lipinski definition) is 4. The number of methoxy groups -OCH3 is 1. The van der Waals surface area contributed by atoms with Gasteiger partial charge in [-0.3, -0.25) is 5.32 Å². The number of nitrogens with zero attached hydrogens (tertiary/aromatic N) is 1. The first-order valence-corrected chi connectivity index (χ1v) is 16.3. The number of hydrogen-bond donors (Lipinski definition) is 2. The molecular formula is C32H65N3O. The lowest BCUT2D eigenvalue weighted by Gasteiger charge is -2.31. The SMILES string of the molecule is CC.CCCN(CCC1CCCC(NC(C)NCC(CC)CC2CCC(OC)CC2)CC1)CC1CC1. The Morgan fingerprint density at radius 1 is 0.833 bits per heavy atom. The van der Waals surface area contributed by atoms with Crippen LogP contribution < -0.4 is 10.6 Å². The fraction of sp³-hybridized carbons (Fsp3) is 1.00. The molecule has 0 aromatic heterocycles. The topological polar surface area (TPSA) is 36.5 Å². The maximum atomic E-state index is 5.56. The maximum absolute atomic E-state index is 5.56. The molecule has 4 heteroatoms. The first-order chi connectivity index (χ1) is 17.6. The second-order valence-electron chi connectivity index (χ2n) is 12.3. The predicted molar refractivity (Wildman–Crippen MR) is 158 cm³/mol. The van der Waals surface area contributed by atoms with Crippen molar-refractivity contribution in [3.63, 3.8) is 0 Å². The van der Waals surface area contributed by atoms with Crippen LogP contribution in [0.15, 0.2) is 0 Å². The smallest absolute Gasteiger partial charge is 0.0571 e. The lowest BCUT2D eigenvalue weighted by atomic mass is 9.81. The Labute approximate surface area is 226 Å². The summed E-state index contributed by atoms with van der Waals surface area (Å²) in [5, 5.41) is 7.82. The largest absolute Gasteiger partial charge is 0.381 e. The molecule has 3 aliphatic carbocycles. The Morgan fingerprint density at radius 3 is 2.17 bits per heavy atom. The van der Waals surface area contributed by atoms with E-state index < -0.39 is 0 Å². The van der Waals surface area contributed by atoms with Crippen molar-refractivity contribution < 1.29 is 4.74 Å². The lowest BCUT2D eigenvalue weighted by Crippen LogP contribution is -2.46. The third kappa shape index (κ3) is 13.1. The monoisotopic (exact) mass is 508 g/mol. The van der Waals surface area contributed by atoms with Gasteiger partial charge in [-0.15, -0.1) is 0 Å². The Kier molecular flexibility index (Phi) is 16.9. The van der Waals surface area contributed by atoms with E-state index in [-0.39, 0.29) is 0 Å². The summed E-state index contributed by atoms with van der Waals surface area (Å²) in [6.07, 6.45) is 21.6. The van der Waals surface area contributed by atoms with Gasteiger partial charge < -0.3 is 15.0 Å². The van der Waals surface area contributed by atoms with Crippen LogP contribution in [0, 0.1) is 23.7 Å². The van der Waals surface area contributed by atoms with Crippen molar-refractivity contribution in [1.29, 1.82) is 0 Å². The number of nitrogens with one attached hydrogen (secondary N) is 2. The van der Waals surface area contributed by atoms with Gasteiger partial charge in [-0.25, -0.2) is 0 Å². The van der Waals surface area contributed by atoms with Crippen LogP contribution in [0.25, 0.3) is 0 Å². The van der Waals surface area contributed by atoms with Gasteiger partial charge in [-0.2, -0.15) is 0 Å². The molecule has 0 spiro atoms. The summed E-state index contributed by atoms with van der Waals surface area (Å²) in [5.41, 5.74) is 0. The molecular weight excluding hydrogens is 442 g/mol. The Bertz CT molecular complexity index is 518. The van der Waals surface area contributed by atoms with E-state index in [1.54, 1.807) is 0 Å². The van der Waals surface area contributed by atoms with Gasteiger partial charge >= 0.3 is 0 Å². The van der Waals surface area contributed by atoms with Gasteiger partial charge in [-0.05, 0) is 127 Å². The van der Waals surface area contributed by atoms with Gasteiger partial charge in [0.15, 0.2) is 0 Å². The van der Waals surface area contributed by atoms with Crippen molar-refractivity contribution in [3.8, 4) is 0 Å². The van der Waals surface area contributed by atoms with E-state index >= 15 is 0 Å². The molecule has 0 saturated heterocycles. The average molecular weight is 508 g/mol. The van der Waals surface area contributed by atoms with Crippen molar-refractivity contribution in [1.82, 2.24) is 15.5 Å². The van der Waals surface area contributed by atoms with E-state index in [0.29, 0.717) is 18.3 Å². The van der Waals surface area contributed by atoms with Crippen LogP contribution in [0.3, 0.4) is 0 Å². The highest BCUT2D eigenvalue weighted by atomic mass is 16.5.